The Bertz CT molecular complexity index is 377. The van der Waals surface area contributed by atoms with E-state index in [9.17, 15) is 0 Å². The Labute approximate surface area is 109 Å². The van der Waals surface area contributed by atoms with Gasteiger partial charge in [0, 0.05) is 28.2 Å². The van der Waals surface area contributed by atoms with Gasteiger partial charge in [0.25, 0.3) is 0 Å². The normalized spacial score (nSPS) is 19.7. The Hall–Kier alpha value is -0.0900. The molecule has 1 aromatic carbocycles. The zero-order valence-electron chi connectivity index (χ0n) is 9.01. The number of benzene rings is 1. The largest absolute Gasteiger partial charge is 0.381 e. The van der Waals surface area contributed by atoms with Gasteiger partial charge in [0.1, 0.15) is 0 Å². The fourth-order valence-electron chi connectivity index (χ4n) is 2.00. The fourth-order valence-corrected chi connectivity index (χ4v) is 2.74. The van der Waals surface area contributed by atoms with E-state index >= 15 is 0 Å². The zero-order chi connectivity index (χ0) is 11.6. The van der Waals surface area contributed by atoms with E-state index in [0.29, 0.717) is 0 Å². The monoisotopic (exact) mass is 303 g/mol. The standard InChI is InChI=1S/C12H15BrClNO/c13-10-2-1-9(11(14)7-10)8-12(15)3-5-16-6-4-12/h1-2,7H,3-6,8,15H2. The Balaban J connectivity index is 2.13. The van der Waals surface area contributed by atoms with Gasteiger partial charge < -0.3 is 10.5 Å². The summed E-state index contributed by atoms with van der Waals surface area (Å²) in [5.74, 6) is 0. The van der Waals surface area contributed by atoms with E-state index in [1.54, 1.807) is 0 Å². The Kier molecular flexibility index (Phi) is 3.90. The van der Waals surface area contributed by atoms with Gasteiger partial charge in [-0.2, -0.15) is 0 Å². The molecule has 0 saturated carbocycles. The van der Waals surface area contributed by atoms with E-state index in [1.165, 1.54) is 0 Å². The lowest BCUT2D eigenvalue weighted by atomic mass is 9.85. The summed E-state index contributed by atoms with van der Waals surface area (Å²) in [6.45, 7) is 1.51. The molecule has 4 heteroatoms. The number of hydrogen-bond donors (Lipinski definition) is 1. The highest BCUT2D eigenvalue weighted by Crippen LogP contribution is 2.28. The van der Waals surface area contributed by atoms with Crippen molar-refractivity contribution < 1.29 is 4.74 Å². The first-order valence-electron chi connectivity index (χ1n) is 5.40. The maximum Gasteiger partial charge on any atom is 0.0483 e. The topological polar surface area (TPSA) is 35.2 Å². The van der Waals surface area contributed by atoms with Crippen LogP contribution in [0.4, 0.5) is 0 Å². The molecule has 0 unspecified atom stereocenters. The van der Waals surface area contributed by atoms with Crippen LogP contribution >= 0.6 is 27.5 Å². The van der Waals surface area contributed by atoms with Gasteiger partial charge in [-0.15, -0.1) is 0 Å². The van der Waals surface area contributed by atoms with E-state index < -0.39 is 0 Å². The number of ether oxygens (including phenoxy) is 1. The van der Waals surface area contributed by atoms with Crippen molar-refractivity contribution in [3.63, 3.8) is 0 Å². The van der Waals surface area contributed by atoms with E-state index in [-0.39, 0.29) is 5.54 Å². The number of rotatable bonds is 2. The summed E-state index contributed by atoms with van der Waals surface area (Å²) in [5, 5.41) is 0.783. The molecular weight excluding hydrogens is 289 g/mol. The molecule has 1 heterocycles. The molecule has 0 spiro atoms. The lowest BCUT2D eigenvalue weighted by Gasteiger charge is -2.33. The van der Waals surface area contributed by atoms with Crippen LogP contribution in [0.3, 0.4) is 0 Å². The Morgan fingerprint density at radius 3 is 2.69 bits per heavy atom. The highest BCUT2D eigenvalue weighted by Gasteiger charge is 2.28. The van der Waals surface area contributed by atoms with E-state index in [0.717, 1.165) is 47.5 Å². The summed E-state index contributed by atoms with van der Waals surface area (Å²) < 4.78 is 6.33. The third-order valence-electron chi connectivity index (χ3n) is 3.05. The molecule has 0 aromatic heterocycles. The van der Waals surface area contributed by atoms with Crippen LogP contribution in [-0.2, 0) is 11.2 Å². The minimum atomic E-state index is -0.157. The molecule has 2 rings (SSSR count). The maximum absolute atomic E-state index is 6.35. The predicted molar refractivity (Wildman–Crippen MR) is 69.8 cm³/mol. The molecule has 1 fully saturated rings. The van der Waals surface area contributed by atoms with Crippen molar-refractivity contribution in [2.75, 3.05) is 13.2 Å². The molecule has 1 aromatic rings. The van der Waals surface area contributed by atoms with Crippen molar-refractivity contribution >= 4 is 27.5 Å². The molecule has 1 aliphatic rings. The minimum Gasteiger partial charge on any atom is -0.381 e. The first-order valence-corrected chi connectivity index (χ1v) is 6.57. The third kappa shape index (κ3) is 2.98. The highest BCUT2D eigenvalue weighted by atomic mass is 79.9. The second-order valence-electron chi connectivity index (χ2n) is 4.39. The van der Waals surface area contributed by atoms with Gasteiger partial charge in [0.15, 0.2) is 0 Å². The van der Waals surface area contributed by atoms with E-state index in [2.05, 4.69) is 15.9 Å². The smallest absolute Gasteiger partial charge is 0.0483 e. The van der Waals surface area contributed by atoms with Crippen LogP contribution < -0.4 is 5.73 Å². The minimum absolute atomic E-state index is 0.157. The third-order valence-corrected chi connectivity index (χ3v) is 3.89. The molecule has 0 radical (unpaired) electrons. The average Bonchev–Trinajstić information content (AvgIpc) is 2.23. The summed E-state index contributed by atoms with van der Waals surface area (Å²) in [4.78, 5) is 0. The van der Waals surface area contributed by atoms with Crippen molar-refractivity contribution in [2.45, 2.75) is 24.8 Å². The van der Waals surface area contributed by atoms with Gasteiger partial charge in [0.05, 0.1) is 0 Å². The van der Waals surface area contributed by atoms with Crippen molar-refractivity contribution in [2.24, 2.45) is 5.73 Å². The number of halogens is 2. The molecular formula is C12H15BrClNO. The molecule has 1 saturated heterocycles. The summed E-state index contributed by atoms with van der Waals surface area (Å²) >= 11 is 9.59. The van der Waals surface area contributed by atoms with Gasteiger partial charge in [-0.3, -0.25) is 0 Å². The molecule has 1 aliphatic heterocycles. The highest BCUT2D eigenvalue weighted by molar-refractivity contribution is 9.10. The van der Waals surface area contributed by atoms with E-state index in [1.807, 2.05) is 18.2 Å². The molecule has 0 bridgehead atoms. The average molecular weight is 305 g/mol. The summed E-state index contributed by atoms with van der Waals surface area (Å²) in [5.41, 5.74) is 7.31. The molecule has 88 valence electrons. The fraction of sp³-hybridized carbons (Fsp3) is 0.500. The van der Waals surface area contributed by atoms with Gasteiger partial charge in [-0.1, -0.05) is 33.6 Å². The van der Waals surface area contributed by atoms with Crippen LogP contribution in [0.25, 0.3) is 0 Å². The van der Waals surface area contributed by atoms with Crippen molar-refractivity contribution in [3.8, 4) is 0 Å². The van der Waals surface area contributed by atoms with Crippen molar-refractivity contribution in [3.05, 3.63) is 33.3 Å². The first-order chi connectivity index (χ1) is 7.59. The van der Waals surface area contributed by atoms with Gasteiger partial charge >= 0.3 is 0 Å². The second-order valence-corrected chi connectivity index (χ2v) is 5.71. The molecule has 2 N–H and O–H groups in total. The number of hydrogen-bond acceptors (Lipinski definition) is 2. The van der Waals surface area contributed by atoms with Crippen LogP contribution in [0, 0.1) is 0 Å². The van der Waals surface area contributed by atoms with Gasteiger partial charge in [0.2, 0.25) is 0 Å². The van der Waals surface area contributed by atoms with E-state index in [4.69, 9.17) is 22.1 Å². The molecule has 0 amide bonds. The van der Waals surface area contributed by atoms with Crippen molar-refractivity contribution in [1.82, 2.24) is 0 Å². The SMILES string of the molecule is NC1(Cc2ccc(Br)cc2Cl)CCOCC1. The van der Waals surface area contributed by atoms with Gasteiger partial charge in [-0.05, 0) is 37.0 Å². The first kappa shape index (κ1) is 12.4. The van der Waals surface area contributed by atoms with Gasteiger partial charge in [-0.25, -0.2) is 0 Å². The van der Waals surface area contributed by atoms with Crippen LogP contribution in [0.5, 0.6) is 0 Å². The molecule has 16 heavy (non-hydrogen) atoms. The Morgan fingerprint density at radius 2 is 2.06 bits per heavy atom. The summed E-state index contributed by atoms with van der Waals surface area (Å²) in [6, 6.07) is 5.96. The van der Waals surface area contributed by atoms with Crippen molar-refractivity contribution in [1.29, 1.82) is 0 Å². The van der Waals surface area contributed by atoms with Crippen LogP contribution in [0.1, 0.15) is 18.4 Å². The van der Waals surface area contributed by atoms with Crippen LogP contribution in [0.15, 0.2) is 22.7 Å². The quantitative estimate of drug-likeness (QED) is 0.911. The number of nitrogens with two attached hydrogens (primary N) is 1. The molecule has 0 atom stereocenters. The van der Waals surface area contributed by atoms with Crippen LogP contribution in [0.2, 0.25) is 5.02 Å². The second kappa shape index (κ2) is 5.05. The lowest BCUT2D eigenvalue weighted by molar-refractivity contribution is 0.0533. The van der Waals surface area contributed by atoms with Crippen LogP contribution in [-0.4, -0.2) is 18.8 Å². The maximum atomic E-state index is 6.35. The predicted octanol–water partition coefficient (Wildman–Crippen LogP) is 3.15. The summed E-state index contributed by atoms with van der Waals surface area (Å²) in [6.07, 6.45) is 2.63. The molecule has 2 nitrogen and oxygen atoms in total. The lowest BCUT2D eigenvalue weighted by Crippen LogP contribution is -2.46. The zero-order valence-corrected chi connectivity index (χ0v) is 11.4. The molecule has 0 aliphatic carbocycles. The summed E-state index contributed by atoms with van der Waals surface area (Å²) in [7, 11) is 0. The Morgan fingerprint density at radius 1 is 1.38 bits per heavy atom.